The van der Waals surface area contributed by atoms with Gasteiger partial charge in [-0.3, -0.25) is 9.69 Å². The molecule has 2 aromatic carbocycles. The van der Waals surface area contributed by atoms with E-state index in [0.717, 1.165) is 55.2 Å². The maximum absolute atomic E-state index is 12.7. The number of anilines is 2. The van der Waals surface area contributed by atoms with E-state index >= 15 is 0 Å². The van der Waals surface area contributed by atoms with E-state index in [1.54, 1.807) is 14.2 Å². The molecule has 2 heterocycles. The molecule has 1 atom stereocenters. The Kier molecular flexibility index (Phi) is 6.43. The predicted molar refractivity (Wildman–Crippen MR) is 120 cm³/mol. The first kappa shape index (κ1) is 20.5. The highest BCUT2D eigenvalue weighted by molar-refractivity contribution is 5.92. The Bertz CT molecular complexity index is 862. The summed E-state index contributed by atoms with van der Waals surface area (Å²) in [5, 5.41) is 3.06. The molecule has 160 valence electrons. The van der Waals surface area contributed by atoms with Crippen molar-refractivity contribution >= 4 is 17.3 Å². The molecule has 2 saturated heterocycles. The Morgan fingerprint density at radius 2 is 1.77 bits per heavy atom. The van der Waals surface area contributed by atoms with Crippen molar-refractivity contribution < 1.29 is 14.3 Å². The van der Waals surface area contributed by atoms with Crippen molar-refractivity contribution in [2.24, 2.45) is 0 Å². The second-order valence-electron chi connectivity index (χ2n) is 8.03. The molecular formula is C24H31N3O3. The maximum Gasteiger partial charge on any atom is 0.238 e. The number of amides is 1. The summed E-state index contributed by atoms with van der Waals surface area (Å²) in [4.78, 5) is 17.4. The van der Waals surface area contributed by atoms with Gasteiger partial charge < -0.3 is 19.7 Å². The van der Waals surface area contributed by atoms with E-state index in [0.29, 0.717) is 6.54 Å². The lowest BCUT2D eigenvalue weighted by Gasteiger charge is -2.26. The van der Waals surface area contributed by atoms with Gasteiger partial charge in [0.2, 0.25) is 5.91 Å². The minimum Gasteiger partial charge on any atom is -0.497 e. The molecule has 0 aliphatic carbocycles. The maximum atomic E-state index is 12.7. The number of likely N-dealkylation sites (tertiary alicyclic amines) is 1. The molecule has 2 fully saturated rings. The van der Waals surface area contributed by atoms with Crippen molar-refractivity contribution in [2.75, 3.05) is 50.6 Å². The quantitative estimate of drug-likeness (QED) is 0.747. The summed E-state index contributed by atoms with van der Waals surface area (Å²) in [5.41, 5.74) is 3.19. The molecule has 0 spiro atoms. The Morgan fingerprint density at radius 1 is 1.00 bits per heavy atom. The number of nitrogens with zero attached hydrogens (tertiary/aromatic N) is 2. The third-order valence-corrected chi connectivity index (χ3v) is 6.13. The van der Waals surface area contributed by atoms with Crippen LogP contribution in [0, 0.1) is 0 Å². The number of rotatable bonds is 7. The summed E-state index contributed by atoms with van der Waals surface area (Å²) in [7, 11) is 3.33. The number of benzene rings is 2. The Morgan fingerprint density at radius 3 is 2.47 bits per heavy atom. The smallest absolute Gasteiger partial charge is 0.238 e. The highest BCUT2D eigenvalue weighted by Gasteiger charge is 2.30. The van der Waals surface area contributed by atoms with Crippen LogP contribution in [0.5, 0.6) is 11.5 Å². The van der Waals surface area contributed by atoms with Crippen LogP contribution < -0.4 is 19.7 Å². The fourth-order valence-corrected chi connectivity index (χ4v) is 4.58. The summed E-state index contributed by atoms with van der Waals surface area (Å²) >= 11 is 0. The summed E-state index contributed by atoms with van der Waals surface area (Å²) < 4.78 is 10.9. The van der Waals surface area contributed by atoms with E-state index in [9.17, 15) is 4.79 Å². The number of hydrogen-bond donors (Lipinski definition) is 1. The van der Waals surface area contributed by atoms with Gasteiger partial charge >= 0.3 is 0 Å². The molecule has 1 N–H and O–H groups in total. The third kappa shape index (κ3) is 4.54. The fourth-order valence-electron chi connectivity index (χ4n) is 4.58. The van der Waals surface area contributed by atoms with E-state index in [1.807, 2.05) is 24.3 Å². The molecule has 30 heavy (non-hydrogen) atoms. The second-order valence-corrected chi connectivity index (χ2v) is 8.03. The lowest BCUT2D eigenvalue weighted by Crippen LogP contribution is -2.33. The van der Waals surface area contributed by atoms with Gasteiger partial charge in [0.25, 0.3) is 0 Å². The van der Waals surface area contributed by atoms with Gasteiger partial charge in [-0.1, -0.05) is 6.07 Å². The lowest BCUT2D eigenvalue weighted by atomic mass is 10.0. The van der Waals surface area contributed by atoms with Crippen LogP contribution in [-0.4, -0.2) is 51.2 Å². The molecule has 1 amide bonds. The van der Waals surface area contributed by atoms with Crippen LogP contribution >= 0.6 is 0 Å². The largest absolute Gasteiger partial charge is 0.497 e. The fraction of sp³-hybridized carbons (Fsp3) is 0.458. The molecule has 2 aliphatic rings. The van der Waals surface area contributed by atoms with Gasteiger partial charge in [0, 0.05) is 42.1 Å². The monoisotopic (exact) mass is 409 g/mol. The zero-order chi connectivity index (χ0) is 20.9. The zero-order valence-electron chi connectivity index (χ0n) is 17.9. The molecular weight excluding hydrogens is 378 g/mol. The van der Waals surface area contributed by atoms with Crippen LogP contribution in [0.3, 0.4) is 0 Å². The average molecular weight is 410 g/mol. The molecule has 0 saturated carbocycles. The van der Waals surface area contributed by atoms with Crippen molar-refractivity contribution in [3.63, 3.8) is 0 Å². The van der Waals surface area contributed by atoms with E-state index in [-0.39, 0.29) is 11.9 Å². The van der Waals surface area contributed by atoms with Gasteiger partial charge in [-0.05, 0) is 62.6 Å². The number of methoxy groups -OCH3 is 2. The number of nitrogens with one attached hydrogen (secondary N) is 1. The van der Waals surface area contributed by atoms with Crippen molar-refractivity contribution in [3.05, 3.63) is 48.0 Å². The second kappa shape index (κ2) is 9.39. The molecule has 6 heteroatoms. The van der Waals surface area contributed by atoms with Crippen molar-refractivity contribution in [1.82, 2.24) is 4.90 Å². The number of carbonyl (C=O) groups excluding carboxylic acids is 1. The first-order valence-electron chi connectivity index (χ1n) is 10.8. The molecule has 0 aromatic heterocycles. The van der Waals surface area contributed by atoms with Gasteiger partial charge in [0.05, 0.1) is 20.8 Å². The van der Waals surface area contributed by atoms with Crippen LogP contribution in [0.4, 0.5) is 11.4 Å². The van der Waals surface area contributed by atoms with Gasteiger partial charge in [-0.15, -0.1) is 0 Å². The van der Waals surface area contributed by atoms with Crippen molar-refractivity contribution in [1.29, 1.82) is 0 Å². The van der Waals surface area contributed by atoms with E-state index in [2.05, 4.69) is 33.3 Å². The Labute approximate surface area is 178 Å². The molecule has 2 aromatic rings. The van der Waals surface area contributed by atoms with Gasteiger partial charge in [-0.25, -0.2) is 0 Å². The van der Waals surface area contributed by atoms with Crippen LogP contribution in [0.25, 0.3) is 0 Å². The van der Waals surface area contributed by atoms with Crippen molar-refractivity contribution in [2.45, 2.75) is 31.7 Å². The average Bonchev–Trinajstić information content (AvgIpc) is 3.46. The Hall–Kier alpha value is -2.73. The van der Waals surface area contributed by atoms with Crippen LogP contribution in [0.1, 0.15) is 37.3 Å². The molecule has 2 aliphatic heterocycles. The SMILES string of the molecule is COc1ccc([C@H]2CCCN2CC(=O)Nc2ccc(N3CCCC3)cc2)c(OC)c1. The first-order chi connectivity index (χ1) is 14.7. The van der Waals surface area contributed by atoms with E-state index in [1.165, 1.54) is 18.5 Å². The number of ether oxygens (including phenoxy) is 2. The molecule has 0 bridgehead atoms. The van der Waals surface area contributed by atoms with E-state index < -0.39 is 0 Å². The summed E-state index contributed by atoms with van der Waals surface area (Å²) in [6.45, 7) is 3.52. The first-order valence-corrected chi connectivity index (χ1v) is 10.8. The van der Waals surface area contributed by atoms with Gasteiger partial charge in [-0.2, -0.15) is 0 Å². The molecule has 0 radical (unpaired) electrons. The highest BCUT2D eigenvalue weighted by Crippen LogP contribution is 2.38. The normalized spacial score (nSPS) is 19.1. The van der Waals surface area contributed by atoms with Crippen LogP contribution in [0.15, 0.2) is 42.5 Å². The molecule has 4 rings (SSSR count). The Balaban J connectivity index is 1.39. The van der Waals surface area contributed by atoms with E-state index in [4.69, 9.17) is 9.47 Å². The van der Waals surface area contributed by atoms with Gasteiger partial charge in [0.1, 0.15) is 11.5 Å². The lowest BCUT2D eigenvalue weighted by molar-refractivity contribution is -0.117. The van der Waals surface area contributed by atoms with Crippen LogP contribution in [0.2, 0.25) is 0 Å². The van der Waals surface area contributed by atoms with Crippen molar-refractivity contribution in [3.8, 4) is 11.5 Å². The number of hydrogen-bond acceptors (Lipinski definition) is 5. The predicted octanol–water partition coefficient (Wildman–Crippen LogP) is 4.08. The topological polar surface area (TPSA) is 54.0 Å². The minimum atomic E-state index is 0.0169. The van der Waals surface area contributed by atoms with Gasteiger partial charge in [0.15, 0.2) is 0 Å². The third-order valence-electron chi connectivity index (χ3n) is 6.13. The summed E-state index contributed by atoms with van der Waals surface area (Å²) in [5.74, 6) is 1.60. The van der Waals surface area contributed by atoms with Crippen LogP contribution in [-0.2, 0) is 4.79 Å². The number of carbonyl (C=O) groups is 1. The molecule has 0 unspecified atom stereocenters. The zero-order valence-corrected chi connectivity index (χ0v) is 17.9. The minimum absolute atomic E-state index is 0.0169. The molecule has 6 nitrogen and oxygen atoms in total. The highest BCUT2D eigenvalue weighted by atomic mass is 16.5. The standard InChI is InChI=1S/C24H31N3O3/c1-29-20-11-12-21(23(16-20)30-2)22-6-5-15-27(22)17-24(28)25-18-7-9-19(10-8-18)26-13-3-4-14-26/h7-12,16,22H,3-6,13-15,17H2,1-2H3,(H,25,28)/t22-/m1/s1. The summed E-state index contributed by atoms with van der Waals surface area (Å²) in [6, 6.07) is 14.3. The summed E-state index contributed by atoms with van der Waals surface area (Å²) in [6.07, 6.45) is 4.60.